The lowest BCUT2D eigenvalue weighted by molar-refractivity contribution is 0.374. The number of halogens is 1. The van der Waals surface area contributed by atoms with Crippen LogP contribution in [-0.4, -0.2) is 24.7 Å². The summed E-state index contributed by atoms with van der Waals surface area (Å²) in [5.41, 5.74) is 2.19. The van der Waals surface area contributed by atoms with Gasteiger partial charge >= 0.3 is 0 Å². The Morgan fingerprint density at radius 3 is 2.68 bits per heavy atom. The molecule has 2 aromatic rings. The molecule has 1 aromatic heterocycles. The molecule has 0 saturated heterocycles. The van der Waals surface area contributed by atoms with E-state index in [0.717, 1.165) is 41.8 Å². The van der Waals surface area contributed by atoms with E-state index in [1.54, 1.807) is 7.05 Å². The van der Waals surface area contributed by atoms with Crippen molar-refractivity contribution in [2.45, 2.75) is 26.3 Å². The van der Waals surface area contributed by atoms with Gasteiger partial charge in [-0.05, 0) is 30.5 Å². The van der Waals surface area contributed by atoms with E-state index in [2.05, 4.69) is 20.8 Å². The van der Waals surface area contributed by atoms with Gasteiger partial charge in [0.2, 0.25) is 0 Å². The summed E-state index contributed by atoms with van der Waals surface area (Å²) < 4.78 is 5.23. The summed E-state index contributed by atoms with van der Waals surface area (Å²) in [7, 11) is 1.75. The van der Waals surface area contributed by atoms with Crippen LogP contribution < -0.4 is 10.6 Å². The van der Waals surface area contributed by atoms with Gasteiger partial charge in [-0.25, -0.2) is 0 Å². The van der Waals surface area contributed by atoms with Crippen LogP contribution >= 0.6 is 11.6 Å². The Morgan fingerprint density at radius 1 is 1.27 bits per heavy atom. The molecule has 0 aliphatic heterocycles. The molecule has 0 atom stereocenters. The molecule has 0 amide bonds. The van der Waals surface area contributed by atoms with Crippen LogP contribution in [0.4, 0.5) is 0 Å². The summed E-state index contributed by atoms with van der Waals surface area (Å²) in [6.07, 6.45) is 1.78. The SMILES string of the molecule is CCc1cc(CNC(=NC)NCCc2ccc(Cl)cc2)on1. The van der Waals surface area contributed by atoms with Gasteiger partial charge in [0.25, 0.3) is 0 Å². The van der Waals surface area contributed by atoms with Crippen molar-refractivity contribution in [1.82, 2.24) is 15.8 Å². The lowest BCUT2D eigenvalue weighted by Gasteiger charge is -2.10. The van der Waals surface area contributed by atoms with Crippen molar-refractivity contribution in [2.24, 2.45) is 4.99 Å². The second-order valence-electron chi connectivity index (χ2n) is 4.87. The van der Waals surface area contributed by atoms with E-state index < -0.39 is 0 Å². The van der Waals surface area contributed by atoms with Crippen LogP contribution in [0.15, 0.2) is 39.8 Å². The monoisotopic (exact) mass is 320 g/mol. The first kappa shape index (κ1) is 16.4. The first-order chi connectivity index (χ1) is 10.7. The number of aromatic nitrogens is 1. The molecule has 118 valence electrons. The highest BCUT2D eigenvalue weighted by molar-refractivity contribution is 6.30. The summed E-state index contributed by atoms with van der Waals surface area (Å²) >= 11 is 5.87. The molecule has 0 fully saturated rings. The van der Waals surface area contributed by atoms with Crippen LogP contribution in [-0.2, 0) is 19.4 Å². The summed E-state index contributed by atoms with van der Waals surface area (Å²) in [6.45, 7) is 3.40. The second kappa shape index (κ2) is 8.44. The molecule has 0 bridgehead atoms. The Hall–Kier alpha value is -2.01. The largest absolute Gasteiger partial charge is 0.359 e. The van der Waals surface area contributed by atoms with Crippen LogP contribution in [0.1, 0.15) is 23.9 Å². The zero-order chi connectivity index (χ0) is 15.8. The maximum atomic E-state index is 5.87. The van der Waals surface area contributed by atoms with Gasteiger partial charge in [-0.1, -0.05) is 35.8 Å². The molecular formula is C16H21ClN4O. The number of benzene rings is 1. The number of nitrogens with one attached hydrogen (secondary N) is 2. The van der Waals surface area contributed by atoms with Crippen LogP contribution in [0.3, 0.4) is 0 Å². The van der Waals surface area contributed by atoms with E-state index in [1.165, 1.54) is 5.56 Å². The average Bonchev–Trinajstić information content (AvgIpc) is 3.00. The quantitative estimate of drug-likeness (QED) is 0.634. The molecular weight excluding hydrogens is 300 g/mol. The van der Waals surface area contributed by atoms with Gasteiger partial charge in [0.15, 0.2) is 11.7 Å². The first-order valence-corrected chi connectivity index (χ1v) is 7.72. The third kappa shape index (κ3) is 5.07. The molecule has 0 radical (unpaired) electrons. The van der Waals surface area contributed by atoms with Crippen LogP contribution in [0, 0.1) is 0 Å². The van der Waals surface area contributed by atoms with Gasteiger partial charge in [-0.3, -0.25) is 4.99 Å². The van der Waals surface area contributed by atoms with Crippen molar-refractivity contribution in [3.05, 3.63) is 52.4 Å². The van der Waals surface area contributed by atoms with Crippen molar-refractivity contribution in [1.29, 1.82) is 0 Å². The van der Waals surface area contributed by atoms with E-state index in [4.69, 9.17) is 16.1 Å². The predicted octanol–water partition coefficient (Wildman–Crippen LogP) is 2.80. The second-order valence-corrected chi connectivity index (χ2v) is 5.30. The van der Waals surface area contributed by atoms with Crippen molar-refractivity contribution in [2.75, 3.05) is 13.6 Å². The van der Waals surface area contributed by atoms with Crippen molar-refractivity contribution >= 4 is 17.6 Å². The topological polar surface area (TPSA) is 62.5 Å². The highest BCUT2D eigenvalue weighted by Gasteiger charge is 2.04. The number of hydrogen-bond donors (Lipinski definition) is 2. The molecule has 1 aromatic carbocycles. The molecule has 0 saturated carbocycles. The Balaban J connectivity index is 1.74. The Morgan fingerprint density at radius 2 is 2.05 bits per heavy atom. The molecule has 5 nitrogen and oxygen atoms in total. The molecule has 6 heteroatoms. The minimum absolute atomic E-state index is 0.563. The van der Waals surface area contributed by atoms with E-state index in [0.29, 0.717) is 6.54 Å². The molecule has 0 aliphatic rings. The Bertz CT molecular complexity index is 607. The molecule has 2 N–H and O–H groups in total. The summed E-state index contributed by atoms with van der Waals surface area (Å²) in [6, 6.07) is 9.81. The normalized spacial score (nSPS) is 11.5. The van der Waals surface area contributed by atoms with E-state index in [1.807, 2.05) is 37.3 Å². The van der Waals surface area contributed by atoms with Gasteiger partial charge in [0.1, 0.15) is 0 Å². The van der Waals surface area contributed by atoms with Crippen molar-refractivity contribution < 1.29 is 4.52 Å². The van der Waals surface area contributed by atoms with Gasteiger partial charge < -0.3 is 15.2 Å². The van der Waals surface area contributed by atoms with Crippen molar-refractivity contribution in [3.63, 3.8) is 0 Å². The highest BCUT2D eigenvalue weighted by atomic mass is 35.5. The number of hydrogen-bond acceptors (Lipinski definition) is 3. The smallest absolute Gasteiger partial charge is 0.191 e. The average molecular weight is 321 g/mol. The molecule has 0 unspecified atom stereocenters. The number of aliphatic imine (C=N–C) groups is 1. The molecule has 0 aliphatic carbocycles. The number of nitrogens with zero attached hydrogens (tertiary/aromatic N) is 2. The zero-order valence-electron chi connectivity index (χ0n) is 12.9. The van der Waals surface area contributed by atoms with Gasteiger partial charge in [0.05, 0.1) is 12.2 Å². The maximum Gasteiger partial charge on any atom is 0.191 e. The lowest BCUT2D eigenvalue weighted by atomic mass is 10.1. The fourth-order valence-corrected chi connectivity index (χ4v) is 2.10. The standard InChI is InChI=1S/C16H21ClN4O/c1-3-14-10-15(22-21-14)11-20-16(18-2)19-9-8-12-4-6-13(17)7-5-12/h4-7,10H,3,8-9,11H2,1-2H3,(H2,18,19,20). The lowest BCUT2D eigenvalue weighted by Crippen LogP contribution is -2.37. The van der Waals surface area contributed by atoms with E-state index >= 15 is 0 Å². The van der Waals surface area contributed by atoms with Gasteiger partial charge in [0, 0.05) is 24.7 Å². The molecule has 22 heavy (non-hydrogen) atoms. The minimum atomic E-state index is 0.563. The maximum absolute atomic E-state index is 5.87. The van der Waals surface area contributed by atoms with Gasteiger partial charge in [-0.15, -0.1) is 0 Å². The van der Waals surface area contributed by atoms with E-state index in [-0.39, 0.29) is 0 Å². The first-order valence-electron chi connectivity index (χ1n) is 7.34. The Labute approximate surface area is 135 Å². The fraction of sp³-hybridized carbons (Fsp3) is 0.375. The highest BCUT2D eigenvalue weighted by Crippen LogP contribution is 2.09. The van der Waals surface area contributed by atoms with Crippen molar-refractivity contribution in [3.8, 4) is 0 Å². The fourth-order valence-electron chi connectivity index (χ4n) is 1.97. The summed E-state index contributed by atoms with van der Waals surface area (Å²) in [4.78, 5) is 4.19. The molecule has 2 rings (SSSR count). The molecule has 1 heterocycles. The minimum Gasteiger partial charge on any atom is -0.359 e. The summed E-state index contributed by atoms with van der Waals surface area (Å²) in [5, 5.41) is 11.2. The van der Waals surface area contributed by atoms with Crippen LogP contribution in [0.5, 0.6) is 0 Å². The van der Waals surface area contributed by atoms with Gasteiger partial charge in [-0.2, -0.15) is 0 Å². The third-order valence-corrected chi connectivity index (χ3v) is 3.50. The molecule has 0 spiro atoms. The zero-order valence-corrected chi connectivity index (χ0v) is 13.7. The van der Waals surface area contributed by atoms with E-state index in [9.17, 15) is 0 Å². The number of aryl methyl sites for hydroxylation is 1. The van der Waals surface area contributed by atoms with Crippen LogP contribution in [0.2, 0.25) is 5.02 Å². The predicted molar refractivity (Wildman–Crippen MR) is 89.2 cm³/mol. The number of rotatable bonds is 6. The third-order valence-electron chi connectivity index (χ3n) is 3.24. The van der Waals surface area contributed by atoms with Crippen LogP contribution in [0.25, 0.3) is 0 Å². The Kier molecular flexibility index (Phi) is 6.27. The number of guanidine groups is 1. The summed E-state index contributed by atoms with van der Waals surface area (Å²) in [5.74, 6) is 1.54.